The van der Waals surface area contributed by atoms with Crippen LogP contribution in [0.5, 0.6) is 0 Å². The normalized spacial score (nSPS) is 37.9. The maximum atomic E-state index is 12.5. The molecule has 2 saturated heterocycles. The third-order valence-electron chi connectivity index (χ3n) is 4.94. The van der Waals surface area contributed by atoms with Crippen molar-refractivity contribution in [3.8, 4) is 0 Å². The Morgan fingerprint density at radius 2 is 1.94 bits per heavy atom. The third-order valence-corrected chi connectivity index (χ3v) is 4.94. The van der Waals surface area contributed by atoms with E-state index in [0.29, 0.717) is 11.9 Å². The number of fused-ring (bicyclic) bond motifs is 1. The summed E-state index contributed by atoms with van der Waals surface area (Å²) in [6.07, 6.45) is 8.85. The molecule has 0 aromatic rings. The highest BCUT2D eigenvalue weighted by Crippen LogP contribution is 2.37. The lowest BCUT2D eigenvalue weighted by atomic mass is 9.85. The van der Waals surface area contributed by atoms with Gasteiger partial charge in [0, 0.05) is 19.1 Å². The van der Waals surface area contributed by atoms with Crippen molar-refractivity contribution in [1.82, 2.24) is 10.2 Å². The van der Waals surface area contributed by atoms with Crippen molar-refractivity contribution >= 4 is 5.91 Å². The van der Waals surface area contributed by atoms with Gasteiger partial charge in [0.25, 0.3) is 0 Å². The summed E-state index contributed by atoms with van der Waals surface area (Å²) in [5, 5.41) is 3.36. The summed E-state index contributed by atoms with van der Waals surface area (Å²) in [4.78, 5) is 14.8. The van der Waals surface area contributed by atoms with Gasteiger partial charge in [-0.3, -0.25) is 4.79 Å². The highest BCUT2D eigenvalue weighted by molar-refractivity contribution is 5.79. The molecular weight excluding hydrogens is 212 g/mol. The lowest BCUT2D eigenvalue weighted by molar-refractivity contribution is -0.137. The van der Waals surface area contributed by atoms with Crippen LogP contribution in [0.2, 0.25) is 0 Å². The van der Waals surface area contributed by atoms with Gasteiger partial charge in [-0.1, -0.05) is 12.8 Å². The van der Waals surface area contributed by atoms with Gasteiger partial charge in [0.2, 0.25) is 5.91 Å². The third kappa shape index (κ3) is 2.22. The zero-order valence-corrected chi connectivity index (χ0v) is 10.7. The molecule has 1 N–H and O–H groups in total. The summed E-state index contributed by atoms with van der Waals surface area (Å²) in [5.41, 5.74) is 0. The summed E-state index contributed by atoms with van der Waals surface area (Å²) in [5.74, 6) is 1.54. The SMILES string of the molecule is O=C([C@H]1CCCNC1)N1CCC2CCCCC21. The standard InChI is InChI=1S/C14H24N2O/c17-14(12-5-3-8-15-10-12)16-9-7-11-4-1-2-6-13(11)16/h11-13,15H,1-10H2/t11?,12-,13?/m0/s1. The van der Waals surface area contributed by atoms with Gasteiger partial charge < -0.3 is 10.2 Å². The highest BCUT2D eigenvalue weighted by Gasteiger charge is 2.40. The maximum Gasteiger partial charge on any atom is 0.227 e. The summed E-state index contributed by atoms with van der Waals surface area (Å²) >= 11 is 0. The molecule has 17 heavy (non-hydrogen) atoms. The Labute approximate surface area is 104 Å². The number of nitrogens with zero attached hydrogens (tertiary/aromatic N) is 1. The number of nitrogens with one attached hydrogen (secondary N) is 1. The minimum absolute atomic E-state index is 0.268. The van der Waals surface area contributed by atoms with Crippen LogP contribution in [0.25, 0.3) is 0 Å². The van der Waals surface area contributed by atoms with Crippen molar-refractivity contribution in [3.05, 3.63) is 0 Å². The van der Waals surface area contributed by atoms with Crippen LogP contribution in [-0.2, 0) is 4.79 Å². The number of hydrogen-bond acceptors (Lipinski definition) is 2. The average molecular weight is 236 g/mol. The highest BCUT2D eigenvalue weighted by atomic mass is 16.2. The molecule has 0 radical (unpaired) electrons. The summed E-state index contributed by atoms with van der Waals surface area (Å²) in [7, 11) is 0. The van der Waals surface area contributed by atoms with E-state index in [2.05, 4.69) is 10.2 Å². The molecular formula is C14H24N2O. The summed E-state index contributed by atoms with van der Waals surface area (Å²) in [6.45, 7) is 3.03. The summed E-state index contributed by atoms with van der Waals surface area (Å²) < 4.78 is 0. The van der Waals surface area contributed by atoms with Gasteiger partial charge in [-0.25, -0.2) is 0 Å². The molecule has 1 aliphatic carbocycles. The number of carbonyl (C=O) groups is 1. The molecule has 0 bridgehead atoms. The number of rotatable bonds is 1. The number of hydrogen-bond donors (Lipinski definition) is 1. The fourth-order valence-electron chi connectivity index (χ4n) is 3.98. The van der Waals surface area contributed by atoms with Crippen molar-refractivity contribution in [2.24, 2.45) is 11.8 Å². The molecule has 3 nitrogen and oxygen atoms in total. The molecule has 0 aromatic carbocycles. The lowest BCUT2D eigenvalue weighted by Gasteiger charge is -2.34. The van der Waals surface area contributed by atoms with Crippen molar-refractivity contribution in [2.75, 3.05) is 19.6 Å². The second-order valence-corrected chi connectivity index (χ2v) is 5.98. The van der Waals surface area contributed by atoms with Crippen molar-refractivity contribution in [2.45, 2.75) is 51.0 Å². The average Bonchev–Trinajstić information content (AvgIpc) is 2.83. The molecule has 0 spiro atoms. The first-order valence-corrected chi connectivity index (χ1v) is 7.37. The molecule has 2 aliphatic heterocycles. The van der Waals surface area contributed by atoms with E-state index in [9.17, 15) is 4.79 Å². The minimum atomic E-state index is 0.268. The molecule has 3 aliphatic rings. The Bertz CT molecular complexity index is 286. The Hall–Kier alpha value is -0.570. The predicted molar refractivity (Wildman–Crippen MR) is 67.7 cm³/mol. The number of piperidine rings is 1. The first kappa shape index (κ1) is 11.5. The zero-order valence-electron chi connectivity index (χ0n) is 10.7. The second kappa shape index (κ2) is 4.97. The van der Waals surface area contributed by atoms with Gasteiger partial charge in [-0.05, 0) is 44.6 Å². The molecule has 3 atom stereocenters. The first-order valence-electron chi connectivity index (χ1n) is 7.37. The predicted octanol–water partition coefficient (Wildman–Crippen LogP) is 1.78. The van der Waals surface area contributed by atoms with Crippen LogP contribution in [-0.4, -0.2) is 36.5 Å². The monoisotopic (exact) mass is 236 g/mol. The van der Waals surface area contributed by atoms with Crippen molar-refractivity contribution in [1.29, 1.82) is 0 Å². The van der Waals surface area contributed by atoms with Crippen LogP contribution in [0.1, 0.15) is 44.9 Å². The number of carbonyl (C=O) groups excluding carboxylic acids is 1. The molecule has 1 amide bonds. The quantitative estimate of drug-likeness (QED) is 0.752. The molecule has 3 heteroatoms. The Morgan fingerprint density at radius 3 is 2.76 bits per heavy atom. The lowest BCUT2D eigenvalue weighted by Crippen LogP contribution is -2.46. The van der Waals surface area contributed by atoms with E-state index in [-0.39, 0.29) is 5.92 Å². The van der Waals surface area contributed by atoms with Crippen LogP contribution in [0, 0.1) is 11.8 Å². The van der Waals surface area contributed by atoms with Crippen LogP contribution in [0.15, 0.2) is 0 Å². The van der Waals surface area contributed by atoms with Gasteiger partial charge in [0.05, 0.1) is 5.92 Å². The van der Waals surface area contributed by atoms with E-state index in [1.54, 1.807) is 0 Å². The van der Waals surface area contributed by atoms with E-state index in [1.807, 2.05) is 0 Å². The molecule has 3 rings (SSSR count). The van der Waals surface area contributed by atoms with E-state index >= 15 is 0 Å². The molecule has 3 fully saturated rings. The Morgan fingerprint density at radius 1 is 1.06 bits per heavy atom. The van der Waals surface area contributed by atoms with Crippen LogP contribution >= 0.6 is 0 Å². The molecule has 1 saturated carbocycles. The zero-order chi connectivity index (χ0) is 11.7. The minimum Gasteiger partial charge on any atom is -0.339 e. The van der Waals surface area contributed by atoms with Gasteiger partial charge in [0.1, 0.15) is 0 Å². The Balaban J connectivity index is 1.65. The Kier molecular flexibility index (Phi) is 3.37. The van der Waals surface area contributed by atoms with Crippen molar-refractivity contribution in [3.63, 3.8) is 0 Å². The van der Waals surface area contributed by atoms with Crippen LogP contribution in [0.3, 0.4) is 0 Å². The number of amides is 1. The van der Waals surface area contributed by atoms with Gasteiger partial charge in [-0.15, -0.1) is 0 Å². The van der Waals surface area contributed by atoms with E-state index in [4.69, 9.17) is 0 Å². The molecule has 2 heterocycles. The topological polar surface area (TPSA) is 32.3 Å². The van der Waals surface area contributed by atoms with E-state index in [1.165, 1.54) is 38.5 Å². The molecule has 96 valence electrons. The summed E-state index contributed by atoms with van der Waals surface area (Å²) in [6, 6.07) is 0.596. The van der Waals surface area contributed by atoms with Crippen LogP contribution < -0.4 is 5.32 Å². The van der Waals surface area contributed by atoms with Crippen molar-refractivity contribution < 1.29 is 4.79 Å². The van der Waals surface area contributed by atoms with Crippen LogP contribution in [0.4, 0.5) is 0 Å². The smallest absolute Gasteiger partial charge is 0.227 e. The largest absolute Gasteiger partial charge is 0.339 e. The number of likely N-dealkylation sites (tertiary alicyclic amines) is 1. The van der Waals surface area contributed by atoms with Gasteiger partial charge >= 0.3 is 0 Å². The first-order chi connectivity index (χ1) is 8.36. The van der Waals surface area contributed by atoms with E-state index < -0.39 is 0 Å². The maximum absolute atomic E-state index is 12.5. The fraction of sp³-hybridized carbons (Fsp3) is 0.929. The second-order valence-electron chi connectivity index (χ2n) is 5.98. The molecule has 2 unspecified atom stereocenters. The van der Waals surface area contributed by atoms with E-state index in [0.717, 1.165) is 32.0 Å². The molecule has 0 aromatic heterocycles. The van der Waals surface area contributed by atoms with Gasteiger partial charge in [0.15, 0.2) is 0 Å². The fourth-order valence-corrected chi connectivity index (χ4v) is 3.98. The van der Waals surface area contributed by atoms with Gasteiger partial charge in [-0.2, -0.15) is 0 Å².